The van der Waals surface area contributed by atoms with Crippen LogP contribution in [0.5, 0.6) is 0 Å². The van der Waals surface area contributed by atoms with Crippen molar-refractivity contribution < 1.29 is 13.3 Å². The molecule has 2 bridgehead atoms. The maximum absolute atomic E-state index is 12.9. The summed E-state index contributed by atoms with van der Waals surface area (Å²) in [4.78, 5) is 10.4. The number of hydrogen-bond donors (Lipinski definition) is 1. The lowest BCUT2D eigenvalue weighted by atomic mass is 10.0. The van der Waals surface area contributed by atoms with Gasteiger partial charge in [0.15, 0.2) is 0 Å². The molecule has 2 fully saturated rings. The average Bonchev–Trinajstić information content (AvgIpc) is 2.84. The van der Waals surface area contributed by atoms with Gasteiger partial charge in [0.25, 0.3) is 5.69 Å². The zero-order valence-corrected chi connectivity index (χ0v) is 15.3. The molecule has 2 heterocycles. The summed E-state index contributed by atoms with van der Waals surface area (Å²) in [7, 11) is -2.16. The van der Waals surface area contributed by atoms with Gasteiger partial charge in [-0.1, -0.05) is 6.07 Å². The first-order valence-electron chi connectivity index (χ1n) is 7.78. The Labute approximate surface area is 148 Å². The van der Waals surface area contributed by atoms with Gasteiger partial charge in [-0.05, 0) is 38.2 Å². The third-order valence-electron chi connectivity index (χ3n) is 5.00. The largest absolute Gasteiger partial charge is 0.311 e. The highest BCUT2D eigenvalue weighted by Gasteiger charge is 2.39. The molecule has 134 valence electrons. The fourth-order valence-corrected chi connectivity index (χ4v) is 5.28. The Kier molecular flexibility index (Phi) is 5.54. The molecule has 0 amide bonds. The van der Waals surface area contributed by atoms with Crippen LogP contribution < -0.4 is 5.32 Å². The van der Waals surface area contributed by atoms with Gasteiger partial charge >= 0.3 is 0 Å². The van der Waals surface area contributed by atoms with E-state index in [1.807, 2.05) is 0 Å². The number of rotatable bonds is 4. The first-order chi connectivity index (χ1) is 10.8. The van der Waals surface area contributed by atoms with Gasteiger partial charge in [0.05, 0.1) is 9.82 Å². The molecule has 1 aromatic carbocycles. The normalized spacial score (nSPS) is 26.2. The minimum Gasteiger partial charge on any atom is -0.311 e. The molecule has 0 aromatic heterocycles. The van der Waals surface area contributed by atoms with E-state index in [-0.39, 0.29) is 29.0 Å². The van der Waals surface area contributed by atoms with Crippen LogP contribution in [0.2, 0.25) is 0 Å². The number of nitrogens with one attached hydrogen (secondary N) is 1. The van der Waals surface area contributed by atoms with E-state index in [0.717, 1.165) is 31.7 Å². The van der Waals surface area contributed by atoms with Gasteiger partial charge in [-0.25, -0.2) is 8.42 Å². The van der Waals surface area contributed by atoms with Gasteiger partial charge in [0.2, 0.25) is 10.0 Å². The Morgan fingerprint density at radius 1 is 1.25 bits per heavy atom. The van der Waals surface area contributed by atoms with Crippen molar-refractivity contribution in [2.24, 2.45) is 0 Å². The highest BCUT2D eigenvalue weighted by atomic mass is 35.5. The fraction of sp³-hybridized carbons (Fsp3) is 0.600. The molecule has 1 N–H and O–H groups in total. The van der Waals surface area contributed by atoms with Crippen LogP contribution in [0.3, 0.4) is 0 Å². The fourth-order valence-electron chi connectivity index (χ4n) is 3.66. The van der Waals surface area contributed by atoms with Crippen molar-refractivity contribution in [1.29, 1.82) is 0 Å². The second-order valence-corrected chi connectivity index (χ2v) is 8.46. The van der Waals surface area contributed by atoms with Gasteiger partial charge in [0.1, 0.15) is 0 Å². The SMILES string of the molecule is Cc1ccc([N+](=O)[O-])cc1S(=O)(=O)N(C)C1CC2CCC(C1)N2.Cl. The van der Waals surface area contributed by atoms with E-state index in [9.17, 15) is 18.5 Å². The second kappa shape index (κ2) is 6.95. The minimum absolute atomic E-state index is 0. The predicted octanol–water partition coefficient (Wildman–Crippen LogP) is 2.23. The second-order valence-electron chi connectivity index (χ2n) is 6.49. The van der Waals surface area contributed by atoms with Crippen LogP contribution in [0.25, 0.3) is 0 Å². The quantitative estimate of drug-likeness (QED) is 0.643. The van der Waals surface area contributed by atoms with Crippen molar-refractivity contribution in [1.82, 2.24) is 9.62 Å². The highest BCUT2D eigenvalue weighted by Crippen LogP contribution is 2.33. The Morgan fingerprint density at radius 3 is 2.38 bits per heavy atom. The van der Waals surface area contributed by atoms with E-state index in [1.54, 1.807) is 14.0 Å². The molecule has 9 heteroatoms. The first kappa shape index (κ1) is 19.1. The van der Waals surface area contributed by atoms with E-state index < -0.39 is 14.9 Å². The summed E-state index contributed by atoms with van der Waals surface area (Å²) in [6, 6.07) is 4.68. The maximum Gasteiger partial charge on any atom is 0.270 e. The number of piperidine rings is 1. The molecule has 2 aliphatic heterocycles. The maximum atomic E-state index is 12.9. The molecule has 24 heavy (non-hydrogen) atoms. The Hall–Kier alpha value is -1.22. The predicted molar refractivity (Wildman–Crippen MR) is 93.0 cm³/mol. The topological polar surface area (TPSA) is 92.5 Å². The van der Waals surface area contributed by atoms with Crippen molar-refractivity contribution in [3.05, 3.63) is 33.9 Å². The molecule has 0 saturated carbocycles. The molecule has 2 unspecified atom stereocenters. The smallest absolute Gasteiger partial charge is 0.270 e. The monoisotopic (exact) mass is 375 g/mol. The van der Waals surface area contributed by atoms with Crippen LogP contribution in [-0.2, 0) is 10.0 Å². The number of aryl methyl sites for hydroxylation is 1. The highest BCUT2D eigenvalue weighted by molar-refractivity contribution is 7.89. The summed E-state index contributed by atoms with van der Waals surface area (Å²) in [5.41, 5.74) is 0.326. The van der Waals surface area contributed by atoms with Crippen molar-refractivity contribution in [3.8, 4) is 0 Å². The average molecular weight is 376 g/mol. The number of nitrogens with zero attached hydrogens (tertiary/aromatic N) is 2. The Balaban J connectivity index is 0.00000208. The molecule has 2 saturated heterocycles. The zero-order valence-electron chi connectivity index (χ0n) is 13.6. The van der Waals surface area contributed by atoms with Gasteiger partial charge < -0.3 is 5.32 Å². The van der Waals surface area contributed by atoms with Crippen molar-refractivity contribution in [2.75, 3.05) is 7.05 Å². The molecule has 3 rings (SSSR count). The third kappa shape index (κ3) is 3.42. The summed E-state index contributed by atoms with van der Waals surface area (Å²) < 4.78 is 27.3. The lowest BCUT2D eigenvalue weighted by Crippen LogP contribution is -2.48. The first-order valence-corrected chi connectivity index (χ1v) is 9.22. The van der Waals surface area contributed by atoms with Crippen molar-refractivity contribution in [2.45, 2.75) is 55.6 Å². The third-order valence-corrected chi connectivity index (χ3v) is 7.05. The summed E-state index contributed by atoms with van der Waals surface area (Å²) >= 11 is 0. The molecular weight excluding hydrogens is 354 g/mol. The molecular formula is C15H22ClN3O4S. The van der Waals surface area contributed by atoms with E-state index in [1.165, 1.54) is 16.4 Å². The van der Waals surface area contributed by atoms with Crippen LogP contribution in [-0.4, -0.2) is 42.8 Å². The van der Waals surface area contributed by atoms with Gasteiger partial charge in [-0.2, -0.15) is 4.31 Å². The number of hydrogen-bond acceptors (Lipinski definition) is 5. The molecule has 0 spiro atoms. The molecule has 2 aliphatic rings. The molecule has 7 nitrogen and oxygen atoms in total. The number of non-ortho nitro benzene ring substituents is 1. The van der Waals surface area contributed by atoms with Crippen molar-refractivity contribution >= 4 is 28.1 Å². The van der Waals surface area contributed by atoms with Crippen LogP contribution in [0.15, 0.2) is 23.1 Å². The molecule has 1 aromatic rings. The number of nitro benzene ring substituents is 1. The zero-order chi connectivity index (χ0) is 16.8. The van der Waals surface area contributed by atoms with Gasteiger partial charge in [-0.3, -0.25) is 10.1 Å². The number of sulfonamides is 1. The lowest BCUT2D eigenvalue weighted by Gasteiger charge is -2.35. The standard InChI is InChI=1S/C15H21N3O4S.ClH/c1-10-3-6-13(18(19)20)9-15(10)23(21,22)17(2)14-7-11-4-5-12(8-14)16-11;/h3,6,9,11-12,14,16H,4-5,7-8H2,1-2H3;1H. The Bertz CT molecular complexity index is 728. The van der Waals surface area contributed by atoms with Crippen LogP contribution in [0.4, 0.5) is 5.69 Å². The van der Waals surface area contributed by atoms with E-state index in [2.05, 4.69) is 5.32 Å². The minimum atomic E-state index is -3.74. The summed E-state index contributed by atoms with van der Waals surface area (Å²) in [6.45, 7) is 1.66. The van der Waals surface area contributed by atoms with Crippen LogP contribution >= 0.6 is 12.4 Å². The number of fused-ring (bicyclic) bond motifs is 2. The van der Waals surface area contributed by atoms with Crippen molar-refractivity contribution in [3.63, 3.8) is 0 Å². The van der Waals surface area contributed by atoms with Crippen LogP contribution in [0.1, 0.15) is 31.2 Å². The Morgan fingerprint density at radius 2 is 1.83 bits per heavy atom. The number of nitro groups is 1. The van der Waals surface area contributed by atoms with E-state index in [4.69, 9.17) is 0 Å². The molecule has 2 atom stereocenters. The summed E-state index contributed by atoms with van der Waals surface area (Å²) in [6.07, 6.45) is 3.76. The number of halogens is 1. The van der Waals surface area contributed by atoms with E-state index >= 15 is 0 Å². The number of benzene rings is 1. The van der Waals surface area contributed by atoms with E-state index in [0.29, 0.717) is 17.6 Å². The summed E-state index contributed by atoms with van der Waals surface area (Å²) in [5.74, 6) is 0. The summed E-state index contributed by atoms with van der Waals surface area (Å²) in [5, 5.41) is 14.4. The molecule has 0 aliphatic carbocycles. The van der Waals surface area contributed by atoms with Gasteiger partial charge in [-0.15, -0.1) is 12.4 Å². The van der Waals surface area contributed by atoms with Crippen LogP contribution in [0, 0.1) is 17.0 Å². The molecule has 0 radical (unpaired) electrons. The van der Waals surface area contributed by atoms with Gasteiger partial charge in [0, 0.05) is 37.3 Å². The lowest BCUT2D eigenvalue weighted by molar-refractivity contribution is -0.385.